The van der Waals surface area contributed by atoms with Crippen LogP contribution in [0.1, 0.15) is 53.5 Å². The van der Waals surface area contributed by atoms with Gasteiger partial charge < -0.3 is 5.11 Å². The number of fused-ring (bicyclic) bond motifs is 2. The zero-order valence-electron chi connectivity index (χ0n) is 20.5. The fourth-order valence-corrected chi connectivity index (χ4v) is 7.50. The third-order valence-electron chi connectivity index (χ3n) is 7.83. The Morgan fingerprint density at radius 2 is 1.78 bits per heavy atom. The highest BCUT2D eigenvalue weighted by atomic mass is 32.2. The van der Waals surface area contributed by atoms with E-state index in [0.29, 0.717) is 12.3 Å². The fraction of sp³-hybridized carbons (Fsp3) is 0.290. The molecule has 0 spiro atoms. The van der Waals surface area contributed by atoms with Crippen LogP contribution >= 0.6 is 11.8 Å². The van der Waals surface area contributed by atoms with Gasteiger partial charge >= 0.3 is 5.97 Å². The van der Waals surface area contributed by atoms with Gasteiger partial charge in [-0.2, -0.15) is 0 Å². The van der Waals surface area contributed by atoms with E-state index in [-0.39, 0.29) is 17.2 Å². The smallest absolute Gasteiger partial charge is 0.331 e. The number of rotatable bonds is 6. The number of benzene rings is 3. The van der Waals surface area contributed by atoms with Crippen LogP contribution in [0, 0.1) is 6.92 Å². The minimum Gasteiger partial charge on any atom is -0.479 e. The number of carboxylic acid groups (broad SMARTS) is 1. The van der Waals surface area contributed by atoms with Crippen LogP contribution in [0.5, 0.6) is 0 Å². The van der Waals surface area contributed by atoms with Gasteiger partial charge in [0.15, 0.2) is 5.54 Å². The molecule has 2 heterocycles. The van der Waals surface area contributed by atoms with E-state index in [1.54, 1.807) is 22.4 Å². The molecule has 1 aliphatic heterocycles. The quantitative estimate of drug-likeness (QED) is 0.341. The Morgan fingerprint density at radius 3 is 2.53 bits per heavy atom. The zero-order chi connectivity index (χ0) is 25.0. The minimum atomic E-state index is -1.31. The summed E-state index contributed by atoms with van der Waals surface area (Å²) in [6.45, 7) is 3.97. The molecule has 1 saturated carbocycles. The van der Waals surface area contributed by atoms with Crippen molar-refractivity contribution in [1.82, 2.24) is 4.57 Å². The van der Waals surface area contributed by atoms with Gasteiger partial charge in [-0.05, 0) is 72.1 Å². The Morgan fingerprint density at radius 1 is 1.03 bits per heavy atom. The standard InChI is InChI=1S/C31H29NO3S/c1-19-7-5-8-21(15-19)18-31(30(34)35)20(2)36-29-28(23-13-14-23)25(17-27(33)32(29)31)16-24-11-6-10-22-9-3-4-12-26(22)24/h3-12,15,17,20,23H,13-14,16,18H2,1-2H3,(H,34,35). The third kappa shape index (κ3) is 3.68. The monoisotopic (exact) mass is 495 g/mol. The Bertz CT molecular complexity index is 1560. The summed E-state index contributed by atoms with van der Waals surface area (Å²) in [5, 5.41) is 13.6. The van der Waals surface area contributed by atoms with Crippen molar-refractivity contribution in [1.29, 1.82) is 0 Å². The largest absolute Gasteiger partial charge is 0.479 e. The molecular weight excluding hydrogens is 466 g/mol. The lowest BCUT2D eigenvalue weighted by molar-refractivity contribution is -0.147. The van der Waals surface area contributed by atoms with Crippen molar-refractivity contribution in [2.24, 2.45) is 0 Å². The summed E-state index contributed by atoms with van der Waals surface area (Å²) in [4.78, 5) is 26.8. The maximum atomic E-state index is 13.8. The Hall–Kier alpha value is -3.31. The number of hydrogen-bond acceptors (Lipinski definition) is 3. The van der Waals surface area contributed by atoms with Gasteiger partial charge in [-0.3, -0.25) is 9.36 Å². The van der Waals surface area contributed by atoms with Crippen molar-refractivity contribution in [3.05, 3.63) is 111 Å². The topological polar surface area (TPSA) is 59.3 Å². The number of aryl methyl sites for hydroxylation is 1. The molecule has 36 heavy (non-hydrogen) atoms. The minimum absolute atomic E-state index is 0.212. The van der Waals surface area contributed by atoms with E-state index in [1.807, 2.05) is 44.2 Å². The zero-order valence-corrected chi connectivity index (χ0v) is 21.3. The molecule has 182 valence electrons. The molecule has 3 aromatic carbocycles. The predicted molar refractivity (Wildman–Crippen MR) is 145 cm³/mol. The van der Waals surface area contributed by atoms with Crippen molar-refractivity contribution in [2.45, 2.75) is 61.3 Å². The molecule has 0 radical (unpaired) electrons. The van der Waals surface area contributed by atoms with E-state index in [9.17, 15) is 14.7 Å². The molecule has 6 rings (SSSR count). The van der Waals surface area contributed by atoms with Crippen LogP contribution < -0.4 is 5.56 Å². The highest BCUT2D eigenvalue weighted by Gasteiger charge is 2.54. The molecule has 5 heteroatoms. The van der Waals surface area contributed by atoms with Crippen LogP contribution in [0.25, 0.3) is 10.8 Å². The van der Waals surface area contributed by atoms with E-state index in [0.717, 1.165) is 34.6 Å². The summed E-state index contributed by atoms with van der Waals surface area (Å²) in [7, 11) is 0. The first-order valence-corrected chi connectivity index (χ1v) is 13.5. The van der Waals surface area contributed by atoms with Crippen LogP contribution in [0.4, 0.5) is 0 Å². The molecule has 2 aliphatic rings. The van der Waals surface area contributed by atoms with Crippen molar-refractivity contribution in [3.8, 4) is 0 Å². The molecular formula is C31H29NO3S. The molecule has 4 nitrogen and oxygen atoms in total. The Kier molecular flexibility index (Phi) is 5.56. The molecule has 2 atom stereocenters. The van der Waals surface area contributed by atoms with Crippen molar-refractivity contribution < 1.29 is 9.90 Å². The van der Waals surface area contributed by atoms with Gasteiger partial charge in [0, 0.05) is 17.7 Å². The third-order valence-corrected chi connectivity index (χ3v) is 9.20. The second-order valence-electron chi connectivity index (χ2n) is 10.3. The van der Waals surface area contributed by atoms with Gasteiger partial charge in [0.1, 0.15) is 0 Å². The number of carboxylic acids is 1. The summed E-state index contributed by atoms with van der Waals surface area (Å²) in [6, 6.07) is 24.4. The van der Waals surface area contributed by atoms with Crippen LogP contribution in [0.2, 0.25) is 0 Å². The molecule has 0 bridgehead atoms. The van der Waals surface area contributed by atoms with Gasteiger partial charge in [0.25, 0.3) is 5.56 Å². The van der Waals surface area contributed by atoms with E-state index < -0.39 is 11.5 Å². The highest BCUT2D eigenvalue weighted by molar-refractivity contribution is 8.00. The highest BCUT2D eigenvalue weighted by Crippen LogP contribution is 2.53. The van der Waals surface area contributed by atoms with Gasteiger partial charge in [-0.15, -0.1) is 11.8 Å². The average molecular weight is 496 g/mol. The number of aromatic nitrogens is 1. The molecule has 1 aromatic heterocycles. The molecule has 0 amide bonds. The number of hydrogen-bond donors (Lipinski definition) is 1. The first-order chi connectivity index (χ1) is 17.4. The van der Waals surface area contributed by atoms with Crippen LogP contribution in [0.3, 0.4) is 0 Å². The summed E-state index contributed by atoms with van der Waals surface area (Å²) in [5.74, 6) is -0.548. The molecule has 0 saturated heterocycles. The maximum Gasteiger partial charge on any atom is 0.331 e. The van der Waals surface area contributed by atoms with Crippen molar-refractivity contribution in [2.75, 3.05) is 0 Å². The van der Waals surface area contributed by atoms with Crippen molar-refractivity contribution in [3.63, 3.8) is 0 Å². The molecule has 4 aromatic rings. The lowest BCUT2D eigenvalue weighted by Crippen LogP contribution is -2.52. The second kappa shape index (κ2) is 8.67. The summed E-state index contributed by atoms with van der Waals surface area (Å²) in [6.07, 6.45) is 3.13. The number of thioether (sulfide) groups is 1. The number of carbonyl (C=O) groups is 1. The molecule has 2 unspecified atom stereocenters. The first kappa shape index (κ1) is 23.1. The average Bonchev–Trinajstić information content (AvgIpc) is 3.63. The van der Waals surface area contributed by atoms with Gasteiger partial charge in [-0.25, -0.2) is 4.79 Å². The van der Waals surface area contributed by atoms with Crippen LogP contribution in [-0.2, 0) is 23.2 Å². The SMILES string of the molecule is Cc1cccc(CC2(C(=O)O)C(C)Sc3c(C4CC4)c(Cc4cccc5ccccc45)cc(=O)n32)c1. The van der Waals surface area contributed by atoms with Crippen LogP contribution in [-0.4, -0.2) is 20.9 Å². The lowest BCUT2D eigenvalue weighted by Gasteiger charge is -2.31. The van der Waals surface area contributed by atoms with Crippen molar-refractivity contribution >= 4 is 28.5 Å². The number of nitrogens with zero attached hydrogens (tertiary/aromatic N) is 1. The normalized spacial score (nSPS) is 21.0. The summed E-state index contributed by atoms with van der Waals surface area (Å²) >= 11 is 1.57. The summed E-state index contributed by atoms with van der Waals surface area (Å²) in [5.41, 5.74) is 3.93. The van der Waals surface area contributed by atoms with E-state index in [4.69, 9.17) is 0 Å². The molecule has 1 fully saturated rings. The molecule has 1 aliphatic carbocycles. The van der Waals surface area contributed by atoms with E-state index in [2.05, 4.69) is 36.4 Å². The van der Waals surface area contributed by atoms with E-state index >= 15 is 0 Å². The second-order valence-corrected chi connectivity index (χ2v) is 11.6. The van der Waals surface area contributed by atoms with Gasteiger partial charge in [0.2, 0.25) is 0 Å². The Balaban J connectivity index is 1.52. The maximum absolute atomic E-state index is 13.8. The first-order valence-electron chi connectivity index (χ1n) is 12.6. The lowest BCUT2D eigenvalue weighted by atomic mass is 9.86. The summed E-state index contributed by atoms with van der Waals surface area (Å²) < 4.78 is 1.63. The molecule has 1 N–H and O–H groups in total. The Labute approximate surface area is 215 Å². The number of pyridine rings is 1. The van der Waals surface area contributed by atoms with Crippen LogP contribution in [0.15, 0.2) is 82.6 Å². The predicted octanol–water partition coefficient (Wildman–Crippen LogP) is 6.29. The van der Waals surface area contributed by atoms with Gasteiger partial charge in [-0.1, -0.05) is 72.3 Å². The number of aliphatic carboxylic acids is 1. The fourth-order valence-electron chi connectivity index (χ4n) is 5.90. The van der Waals surface area contributed by atoms with E-state index in [1.165, 1.54) is 21.9 Å². The van der Waals surface area contributed by atoms with Gasteiger partial charge in [0.05, 0.1) is 5.03 Å².